The zero-order valence-electron chi connectivity index (χ0n) is 16.3. The van der Waals surface area contributed by atoms with Crippen LogP contribution < -0.4 is 5.32 Å². The quantitative estimate of drug-likeness (QED) is 0.792. The molecule has 0 radical (unpaired) electrons. The molecule has 1 saturated heterocycles. The molecule has 3 nitrogen and oxygen atoms in total. The maximum atomic E-state index is 11.0. The Morgan fingerprint density at radius 3 is 2.17 bits per heavy atom. The zero-order chi connectivity index (χ0) is 17.3. The first-order valence-corrected chi connectivity index (χ1v) is 9.94. The molecule has 3 heteroatoms. The summed E-state index contributed by atoms with van der Waals surface area (Å²) in [6.45, 7) is 15.1. The van der Waals surface area contributed by atoms with E-state index in [1.54, 1.807) is 6.92 Å². The number of nitrogens with one attached hydrogen (secondary N) is 1. The number of likely N-dealkylation sites (tertiary alicyclic amines) is 1. The number of hydrogen-bond acceptors (Lipinski definition) is 3. The highest BCUT2D eigenvalue weighted by molar-refractivity contribution is 5.75. The summed E-state index contributed by atoms with van der Waals surface area (Å²) in [6.07, 6.45) is 8.89. The minimum Gasteiger partial charge on any atom is -0.314 e. The van der Waals surface area contributed by atoms with Gasteiger partial charge in [0.15, 0.2) is 0 Å². The molecule has 1 aliphatic heterocycles. The van der Waals surface area contributed by atoms with E-state index < -0.39 is 0 Å². The molecule has 0 unspecified atom stereocenters. The molecule has 0 bridgehead atoms. The van der Waals surface area contributed by atoms with Gasteiger partial charge in [0.05, 0.1) is 0 Å². The number of rotatable bonds is 6. The fourth-order valence-electron chi connectivity index (χ4n) is 4.11. The lowest BCUT2D eigenvalue weighted by Gasteiger charge is -2.46. The molecular weight excluding hydrogens is 284 g/mol. The van der Waals surface area contributed by atoms with Crippen LogP contribution in [0.1, 0.15) is 79.6 Å². The van der Waals surface area contributed by atoms with E-state index in [4.69, 9.17) is 0 Å². The first-order valence-electron chi connectivity index (χ1n) is 9.94. The summed E-state index contributed by atoms with van der Waals surface area (Å²) in [7, 11) is 0. The summed E-state index contributed by atoms with van der Waals surface area (Å²) in [5.74, 6) is 1.09. The Bertz CT molecular complexity index is 323. The standard InChI is InChI=1S/C18H34N2O.C2H6/c1-15(2)14-20-12-9-18(10-13-20)7-4-17(5-8-18)19-11-6-16(3)21;1-2/h15,17,19H,4-14H2,1-3H3;1-2H3. The Morgan fingerprint density at radius 2 is 1.70 bits per heavy atom. The number of carbonyl (C=O) groups excluding carboxylic acids is 1. The topological polar surface area (TPSA) is 32.3 Å². The SMILES string of the molecule is CC.CC(=O)CCNC1CCC2(CC1)CCN(CC(C)C)CC2. The molecule has 1 aliphatic carbocycles. The van der Waals surface area contributed by atoms with Crippen LogP contribution >= 0.6 is 0 Å². The third-order valence-electron chi connectivity index (χ3n) is 5.50. The van der Waals surface area contributed by atoms with Gasteiger partial charge in [-0.3, -0.25) is 4.79 Å². The van der Waals surface area contributed by atoms with E-state index >= 15 is 0 Å². The Hall–Kier alpha value is -0.410. The van der Waals surface area contributed by atoms with Gasteiger partial charge < -0.3 is 10.2 Å². The van der Waals surface area contributed by atoms with Crippen molar-refractivity contribution in [3.63, 3.8) is 0 Å². The highest BCUT2D eigenvalue weighted by atomic mass is 16.1. The van der Waals surface area contributed by atoms with E-state index in [0.29, 0.717) is 23.7 Å². The largest absolute Gasteiger partial charge is 0.314 e. The van der Waals surface area contributed by atoms with Crippen LogP contribution in [0.5, 0.6) is 0 Å². The van der Waals surface area contributed by atoms with Gasteiger partial charge >= 0.3 is 0 Å². The maximum Gasteiger partial charge on any atom is 0.131 e. The molecular formula is C20H40N2O. The van der Waals surface area contributed by atoms with Crippen LogP contribution in [0.15, 0.2) is 0 Å². The van der Waals surface area contributed by atoms with E-state index in [-0.39, 0.29) is 0 Å². The van der Waals surface area contributed by atoms with Gasteiger partial charge in [-0.05, 0) is 69.9 Å². The predicted octanol–water partition coefficient (Wildman–Crippen LogP) is 4.26. The van der Waals surface area contributed by atoms with E-state index in [1.807, 2.05) is 13.8 Å². The van der Waals surface area contributed by atoms with Gasteiger partial charge in [0, 0.05) is 25.6 Å². The predicted molar refractivity (Wildman–Crippen MR) is 99.8 cm³/mol. The van der Waals surface area contributed by atoms with Crippen molar-refractivity contribution in [1.29, 1.82) is 0 Å². The molecule has 1 spiro atoms. The Morgan fingerprint density at radius 1 is 1.13 bits per heavy atom. The Balaban J connectivity index is 0.00000127. The van der Waals surface area contributed by atoms with Crippen LogP contribution in [0.3, 0.4) is 0 Å². The highest BCUT2D eigenvalue weighted by Gasteiger charge is 2.37. The van der Waals surface area contributed by atoms with Crippen LogP contribution in [-0.2, 0) is 4.79 Å². The lowest BCUT2D eigenvalue weighted by Crippen LogP contribution is -2.45. The van der Waals surface area contributed by atoms with Crippen molar-refractivity contribution in [3.8, 4) is 0 Å². The number of ketones is 1. The van der Waals surface area contributed by atoms with Crippen molar-refractivity contribution in [2.24, 2.45) is 11.3 Å². The monoisotopic (exact) mass is 324 g/mol. The van der Waals surface area contributed by atoms with Crippen LogP contribution in [0.2, 0.25) is 0 Å². The molecule has 0 aromatic rings. The van der Waals surface area contributed by atoms with E-state index in [0.717, 1.165) is 12.5 Å². The summed E-state index contributed by atoms with van der Waals surface area (Å²) < 4.78 is 0. The number of carbonyl (C=O) groups is 1. The van der Waals surface area contributed by atoms with Crippen LogP contribution in [0, 0.1) is 11.3 Å². The van der Waals surface area contributed by atoms with Crippen molar-refractivity contribution in [2.75, 3.05) is 26.2 Å². The van der Waals surface area contributed by atoms with Gasteiger partial charge in [-0.2, -0.15) is 0 Å². The van der Waals surface area contributed by atoms with Gasteiger partial charge in [0.1, 0.15) is 5.78 Å². The molecule has 0 atom stereocenters. The molecule has 136 valence electrons. The van der Waals surface area contributed by atoms with Gasteiger partial charge in [-0.25, -0.2) is 0 Å². The molecule has 2 aliphatic rings. The molecule has 1 saturated carbocycles. The normalized spacial score (nSPS) is 22.0. The summed E-state index contributed by atoms with van der Waals surface area (Å²) in [5.41, 5.74) is 0.645. The van der Waals surface area contributed by atoms with Crippen molar-refractivity contribution in [2.45, 2.75) is 85.6 Å². The zero-order valence-corrected chi connectivity index (χ0v) is 16.3. The van der Waals surface area contributed by atoms with Gasteiger partial charge in [-0.1, -0.05) is 27.7 Å². The van der Waals surface area contributed by atoms with Gasteiger partial charge in [-0.15, -0.1) is 0 Å². The lowest BCUT2D eigenvalue weighted by atomic mass is 9.67. The smallest absolute Gasteiger partial charge is 0.131 e. The lowest BCUT2D eigenvalue weighted by molar-refractivity contribution is -0.116. The van der Waals surface area contributed by atoms with Gasteiger partial charge in [0.25, 0.3) is 0 Å². The maximum absolute atomic E-state index is 11.0. The second-order valence-corrected chi connectivity index (χ2v) is 7.87. The minimum atomic E-state index is 0.298. The third kappa shape index (κ3) is 7.34. The van der Waals surface area contributed by atoms with E-state index in [1.165, 1.54) is 58.2 Å². The molecule has 2 fully saturated rings. The Kier molecular flexibility index (Phi) is 9.38. The van der Waals surface area contributed by atoms with E-state index in [2.05, 4.69) is 24.1 Å². The summed E-state index contributed by atoms with van der Waals surface area (Å²) in [4.78, 5) is 13.6. The first-order chi connectivity index (χ1) is 11.0. The average molecular weight is 325 g/mol. The number of hydrogen-bond donors (Lipinski definition) is 1. The number of piperidine rings is 1. The van der Waals surface area contributed by atoms with Crippen molar-refractivity contribution in [1.82, 2.24) is 10.2 Å². The molecule has 1 heterocycles. The molecule has 0 aromatic heterocycles. The van der Waals surface area contributed by atoms with Gasteiger partial charge in [0.2, 0.25) is 0 Å². The average Bonchev–Trinajstić information content (AvgIpc) is 2.53. The molecule has 1 N–H and O–H groups in total. The van der Waals surface area contributed by atoms with Crippen molar-refractivity contribution >= 4 is 5.78 Å². The number of Topliss-reactive ketones (excluding diaryl/α,β-unsaturated/α-hetero) is 1. The second-order valence-electron chi connectivity index (χ2n) is 7.87. The summed E-state index contributed by atoms with van der Waals surface area (Å²) in [6, 6.07) is 0.656. The summed E-state index contributed by atoms with van der Waals surface area (Å²) >= 11 is 0. The fraction of sp³-hybridized carbons (Fsp3) is 0.950. The van der Waals surface area contributed by atoms with Crippen molar-refractivity contribution < 1.29 is 4.79 Å². The molecule has 0 amide bonds. The highest BCUT2D eigenvalue weighted by Crippen LogP contribution is 2.44. The number of nitrogens with zero attached hydrogens (tertiary/aromatic N) is 1. The third-order valence-corrected chi connectivity index (χ3v) is 5.50. The first kappa shape index (κ1) is 20.6. The minimum absolute atomic E-state index is 0.298. The fourth-order valence-corrected chi connectivity index (χ4v) is 4.11. The van der Waals surface area contributed by atoms with Crippen LogP contribution in [0.4, 0.5) is 0 Å². The Labute approximate surface area is 144 Å². The second kappa shape index (κ2) is 10.5. The molecule has 23 heavy (non-hydrogen) atoms. The van der Waals surface area contributed by atoms with E-state index in [9.17, 15) is 4.79 Å². The summed E-state index contributed by atoms with van der Waals surface area (Å²) in [5, 5.41) is 3.58. The van der Waals surface area contributed by atoms with Crippen molar-refractivity contribution in [3.05, 3.63) is 0 Å². The van der Waals surface area contributed by atoms with Crippen LogP contribution in [0.25, 0.3) is 0 Å². The molecule has 0 aromatic carbocycles. The van der Waals surface area contributed by atoms with Crippen LogP contribution in [-0.4, -0.2) is 42.9 Å². The molecule has 2 rings (SSSR count).